The molecule has 2 aromatic rings. The molecule has 3 nitrogen and oxygen atoms in total. The summed E-state index contributed by atoms with van der Waals surface area (Å²) in [6.45, 7) is 3.01. The Morgan fingerprint density at radius 3 is 2.62 bits per heavy atom. The van der Waals surface area contributed by atoms with Crippen LogP contribution in [0.3, 0.4) is 0 Å². The van der Waals surface area contributed by atoms with Gasteiger partial charge in [-0.05, 0) is 30.2 Å². The highest BCUT2D eigenvalue weighted by Crippen LogP contribution is 2.30. The van der Waals surface area contributed by atoms with E-state index in [2.05, 4.69) is 0 Å². The molecule has 0 heterocycles. The van der Waals surface area contributed by atoms with Crippen LogP contribution in [0.2, 0.25) is 5.02 Å². The van der Waals surface area contributed by atoms with Crippen LogP contribution < -0.4 is 10.5 Å². The van der Waals surface area contributed by atoms with E-state index >= 15 is 0 Å². The summed E-state index contributed by atoms with van der Waals surface area (Å²) in [6, 6.07) is 13.4. The molecule has 4 heteroatoms. The highest BCUT2D eigenvalue weighted by molar-refractivity contribution is 6.31. The Hall–Kier alpha value is -1.55. The number of methoxy groups -OCH3 is 1. The van der Waals surface area contributed by atoms with Crippen molar-refractivity contribution in [2.75, 3.05) is 20.3 Å². The number of benzene rings is 2. The Bertz CT molecular complexity index is 601. The molecule has 0 aliphatic rings. The van der Waals surface area contributed by atoms with Crippen molar-refractivity contribution >= 4 is 11.6 Å². The number of rotatable bonds is 6. The van der Waals surface area contributed by atoms with Gasteiger partial charge in [0.05, 0.1) is 12.6 Å². The largest absolute Gasteiger partial charge is 0.491 e. The van der Waals surface area contributed by atoms with E-state index in [-0.39, 0.29) is 6.04 Å². The fraction of sp³-hybridized carbons (Fsp3) is 0.294. The number of hydrogen-bond acceptors (Lipinski definition) is 3. The summed E-state index contributed by atoms with van der Waals surface area (Å²) in [5.41, 5.74) is 9.31. The molecule has 1 unspecified atom stereocenters. The van der Waals surface area contributed by atoms with Gasteiger partial charge in [-0.1, -0.05) is 41.9 Å². The van der Waals surface area contributed by atoms with E-state index in [0.717, 1.165) is 27.5 Å². The van der Waals surface area contributed by atoms with Crippen LogP contribution >= 0.6 is 11.6 Å². The minimum atomic E-state index is -0.276. The number of nitrogens with two attached hydrogens (primary N) is 1. The van der Waals surface area contributed by atoms with Crippen LogP contribution in [0.1, 0.15) is 22.7 Å². The van der Waals surface area contributed by atoms with Crippen molar-refractivity contribution in [2.24, 2.45) is 5.73 Å². The molecule has 21 heavy (non-hydrogen) atoms. The Kier molecular flexibility index (Phi) is 5.62. The minimum Gasteiger partial charge on any atom is -0.491 e. The summed E-state index contributed by atoms with van der Waals surface area (Å²) >= 11 is 6.18. The van der Waals surface area contributed by atoms with Gasteiger partial charge in [-0.15, -0.1) is 0 Å². The molecule has 0 saturated carbocycles. The number of hydrogen-bond donors (Lipinski definition) is 1. The predicted molar refractivity (Wildman–Crippen MR) is 86.0 cm³/mol. The van der Waals surface area contributed by atoms with Crippen LogP contribution in [0.4, 0.5) is 0 Å². The first-order valence-electron chi connectivity index (χ1n) is 6.85. The van der Waals surface area contributed by atoms with Gasteiger partial charge in [0.2, 0.25) is 0 Å². The Balaban J connectivity index is 2.25. The lowest BCUT2D eigenvalue weighted by molar-refractivity contribution is 0.145. The summed E-state index contributed by atoms with van der Waals surface area (Å²) in [5, 5.41) is 0.723. The van der Waals surface area contributed by atoms with Crippen LogP contribution in [0.25, 0.3) is 0 Å². The quantitative estimate of drug-likeness (QED) is 0.827. The fourth-order valence-electron chi connectivity index (χ4n) is 2.09. The highest BCUT2D eigenvalue weighted by Gasteiger charge is 2.14. The van der Waals surface area contributed by atoms with Crippen molar-refractivity contribution < 1.29 is 9.47 Å². The van der Waals surface area contributed by atoms with Crippen LogP contribution in [0.15, 0.2) is 42.5 Å². The highest BCUT2D eigenvalue weighted by atomic mass is 35.5. The molecule has 0 radical (unpaired) electrons. The van der Waals surface area contributed by atoms with Gasteiger partial charge >= 0.3 is 0 Å². The van der Waals surface area contributed by atoms with Gasteiger partial charge in [-0.3, -0.25) is 0 Å². The molecule has 0 saturated heterocycles. The molecule has 0 aliphatic heterocycles. The molecule has 2 N–H and O–H groups in total. The molecule has 112 valence electrons. The molecule has 2 rings (SSSR count). The number of halogens is 1. The molecule has 0 aromatic heterocycles. The Morgan fingerprint density at radius 1 is 1.14 bits per heavy atom. The van der Waals surface area contributed by atoms with Crippen molar-refractivity contribution in [1.29, 1.82) is 0 Å². The molecule has 2 aromatic carbocycles. The molecule has 1 atom stereocenters. The predicted octanol–water partition coefficient (Wildman–Crippen LogP) is 3.72. The lowest BCUT2D eigenvalue weighted by Crippen LogP contribution is -2.14. The van der Waals surface area contributed by atoms with Gasteiger partial charge in [0.25, 0.3) is 0 Å². The third kappa shape index (κ3) is 3.97. The second-order valence-corrected chi connectivity index (χ2v) is 5.27. The van der Waals surface area contributed by atoms with Gasteiger partial charge in [0.15, 0.2) is 0 Å². The topological polar surface area (TPSA) is 44.5 Å². The minimum absolute atomic E-state index is 0.276. The van der Waals surface area contributed by atoms with E-state index in [0.29, 0.717) is 13.2 Å². The zero-order chi connectivity index (χ0) is 15.2. The summed E-state index contributed by atoms with van der Waals surface area (Å²) in [4.78, 5) is 0. The zero-order valence-electron chi connectivity index (χ0n) is 12.3. The Labute approximate surface area is 130 Å². The van der Waals surface area contributed by atoms with Crippen LogP contribution in [0.5, 0.6) is 5.75 Å². The van der Waals surface area contributed by atoms with E-state index < -0.39 is 0 Å². The third-order valence-electron chi connectivity index (χ3n) is 3.35. The smallest absolute Gasteiger partial charge is 0.124 e. The SMILES string of the molecule is COCCOc1ccccc1C(N)c1ccc(C)c(Cl)c1. The van der Waals surface area contributed by atoms with Gasteiger partial charge < -0.3 is 15.2 Å². The summed E-state index contributed by atoms with van der Waals surface area (Å²) in [5.74, 6) is 0.777. The van der Waals surface area contributed by atoms with Crippen LogP contribution in [-0.4, -0.2) is 20.3 Å². The first-order valence-corrected chi connectivity index (χ1v) is 7.23. The first-order chi connectivity index (χ1) is 10.1. The average Bonchev–Trinajstić information content (AvgIpc) is 2.50. The van der Waals surface area contributed by atoms with Crippen molar-refractivity contribution in [1.82, 2.24) is 0 Å². The monoisotopic (exact) mass is 305 g/mol. The standard InChI is InChI=1S/C17H20ClNO2/c1-12-7-8-13(11-15(12)18)17(19)14-5-3-4-6-16(14)21-10-9-20-2/h3-8,11,17H,9-10,19H2,1-2H3. The van der Waals surface area contributed by atoms with Crippen molar-refractivity contribution in [2.45, 2.75) is 13.0 Å². The molecule has 0 bridgehead atoms. The maximum atomic E-state index is 6.37. The van der Waals surface area contributed by atoms with Crippen molar-refractivity contribution in [3.63, 3.8) is 0 Å². The third-order valence-corrected chi connectivity index (χ3v) is 3.76. The van der Waals surface area contributed by atoms with Gasteiger partial charge in [0, 0.05) is 17.7 Å². The second kappa shape index (κ2) is 7.46. The van der Waals surface area contributed by atoms with E-state index in [1.54, 1.807) is 7.11 Å². The Morgan fingerprint density at radius 2 is 1.90 bits per heavy atom. The summed E-state index contributed by atoms with van der Waals surface area (Å²) in [7, 11) is 1.65. The molecular weight excluding hydrogens is 286 g/mol. The molecule has 0 amide bonds. The van der Waals surface area contributed by atoms with E-state index in [1.165, 1.54) is 0 Å². The van der Waals surface area contributed by atoms with Crippen LogP contribution in [-0.2, 0) is 4.74 Å². The lowest BCUT2D eigenvalue weighted by Gasteiger charge is -2.18. The fourth-order valence-corrected chi connectivity index (χ4v) is 2.27. The summed E-state index contributed by atoms with van der Waals surface area (Å²) < 4.78 is 10.7. The first kappa shape index (κ1) is 15.8. The van der Waals surface area contributed by atoms with E-state index in [9.17, 15) is 0 Å². The number of ether oxygens (including phenoxy) is 2. The number of para-hydroxylation sites is 1. The lowest BCUT2D eigenvalue weighted by atomic mass is 9.98. The van der Waals surface area contributed by atoms with Crippen molar-refractivity contribution in [3.8, 4) is 5.75 Å². The van der Waals surface area contributed by atoms with E-state index in [1.807, 2.05) is 49.4 Å². The zero-order valence-corrected chi connectivity index (χ0v) is 13.1. The molecular formula is C17H20ClNO2. The normalized spacial score (nSPS) is 12.2. The van der Waals surface area contributed by atoms with Gasteiger partial charge in [0.1, 0.15) is 12.4 Å². The molecule has 0 aliphatic carbocycles. The molecule has 0 fully saturated rings. The average molecular weight is 306 g/mol. The molecule has 0 spiro atoms. The maximum absolute atomic E-state index is 6.37. The summed E-state index contributed by atoms with van der Waals surface area (Å²) in [6.07, 6.45) is 0. The number of aryl methyl sites for hydroxylation is 1. The van der Waals surface area contributed by atoms with E-state index in [4.69, 9.17) is 26.8 Å². The van der Waals surface area contributed by atoms with Crippen LogP contribution in [0, 0.1) is 6.92 Å². The maximum Gasteiger partial charge on any atom is 0.124 e. The van der Waals surface area contributed by atoms with Gasteiger partial charge in [-0.25, -0.2) is 0 Å². The van der Waals surface area contributed by atoms with Gasteiger partial charge in [-0.2, -0.15) is 0 Å². The second-order valence-electron chi connectivity index (χ2n) is 4.87. The van der Waals surface area contributed by atoms with Crippen molar-refractivity contribution in [3.05, 3.63) is 64.2 Å².